The molecular weight excluding hydrogens is 370 g/mol. The Hall–Kier alpha value is -1.79. The molecule has 1 saturated heterocycles. The van der Waals surface area contributed by atoms with E-state index in [0.717, 1.165) is 48.8 Å². The van der Waals surface area contributed by atoms with Crippen LogP contribution in [0.15, 0.2) is 41.7 Å². The van der Waals surface area contributed by atoms with Gasteiger partial charge in [-0.05, 0) is 45.6 Å². The molecule has 3 rings (SSSR count). The number of imidazole rings is 1. The standard InChI is InChI=1S/C22H31N3O2S/c1-5-22(3,4)24-20(26)16(2)28-21-23-14-19(17-10-7-6-8-11-17)25(21)15-18-12-9-13-27-18/h6-8,10-11,14,16,18H,5,9,12-13,15H2,1-4H3,(H,24,26). The maximum Gasteiger partial charge on any atom is 0.233 e. The van der Waals surface area contributed by atoms with Gasteiger partial charge in [0.25, 0.3) is 0 Å². The number of hydrogen-bond donors (Lipinski definition) is 1. The number of carbonyl (C=O) groups excluding carboxylic acids is 1. The number of aromatic nitrogens is 2. The molecule has 0 bridgehead atoms. The summed E-state index contributed by atoms with van der Waals surface area (Å²) in [5.74, 6) is 0.0461. The monoisotopic (exact) mass is 401 g/mol. The van der Waals surface area contributed by atoms with Gasteiger partial charge < -0.3 is 14.6 Å². The summed E-state index contributed by atoms with van der Waals surface area (Å²) in [5, 5.41) is 3.78. The predicted molar refractivity (Wildman–Crippen MR) is 114 cm³/mol. The van der Waals surface area contributed by atoms with Crippen LogP contribution in [0.2, 0.25) is 0 Å². The molecule has 1 aliphatic rings. The van der Waals surface area contributed by atoms with Gasteiger partial charge in [0.2, 0.25) is 5.91 Å². The molecule has 0 spiro atoms. The Morgan fingerprint density at radius 3 is 2.79 bits per heavy atom. The third kappa shape index (κ3) is 5.17. The first kappa shape index (κ1) is 20.9. The van der Waals surface area contributed by atoms with Gasteiger partial charge in [0.1, 0.15) is 0 Å². The van der Waals surface area contributed by atoms with Crippen LogP contribution in [0.5, 0.6) is 0 Å². The minimum Gasteiger partial charge on any atom is -0.376 e. The number of benzene rings is 1. The lowest BCUT2D eigenvalue weighted by atomic mass is 10.0. The number of carbonyl (C=O) groups is 1. The molecule has 0 saturated carbocycles. The fourth-order valence-electron chi connectivity index (χ4n) is 3.20. The van der Waals surface area contributed by atoms with Crippen molar-refractivity contribution in [1.29, 1.82) is 0 Å². The third-order valence-corrected chi connectivity index (χ3v) is 6.40. The fourth-order valence-corrected chi connectivity index (χ4v) is 4.09. The third-order valence-electron chi connectivity index (χ3n) is 5.30. The molecule has 1 fully saturated rings. The molecular formula is C22H31N3O2S. The van der Waals surface area contributed by atoms with Crippen molar-refractivity contribution in [3.63, 3.8) is 0 Å². The van der Waals surface area contributed by atoms with Crippen molar-refractivity contribution in [3.8, 4) is 11.3 Å². The summed E-state index contributed by atoms with van der Waals surface area (Å²) >= 11 is 1.51. The number of thioether (sulfide) groups is 1. The van der Waals surface area contributed by atoms with E-state index in [1.807, 2.05) is 45.2 Å². The summed E-state index contributed by atoms with van der Waals surface area (Å²) in [5.41, 5.74) is 2.00. The summed E-state index contributed by atoms with van der Waals surface area (Å²) in [6.45, 7) is 9.72. The van der Waals surface area contributed by atoms with Crippen molar-refractivity contribution < 1.29 is 9.53 Å². The summed E-state index contributed by atoms with van der Waals surface area (Å²) in [7, 11) is 0. The van der Waals surface area contributed by atoms with E-state index in [1.165, 1.54) is 11.8 Å². The average molecular weight is 402 g/mol. The van der Waals surface area contributed by atoms with Crippen LogP contribution >= 0.6 is 11.8 Å². The summed E-state index contributed by atoms with van der Waals surface area (Å²) in [6, 6.07) is 10.3. The first-order valence-electron chi connectivity index (χ1n) is 10.1. The second kappa shape index (κ2) is 9.14. The van der Waals surface area contributed by atoms with Crippen molar-refractivity contribution in [2.75, 3.05) is 6.61 Å². The number of amides is 1. The lowest BCUT2D eigenvalue weighted by molar-refractivity contribution is -0.121. The molecule has 1 aromatic carbocycles. The van der Waals surface area contributed by atoms with Gasteiger partial charge >= 0.3 is 0 Å². The zero-order valence-electron chi connectivity index (χ0n) is 17.3. The van der Waals surface area contributed by atoms with Crippen LogP contribution in [-0.4, -0.2) is 39.0 Å². The number of hydrogen-bond acceptors (Lipinski definition) is 4. The Kier molecular flexibility index (Phi) is 6.83. The molecule has 1 N–H and O–H groups in total. The van der Waals surface area contributed by atoms with Crippen molar-refractivity contribution in [1.82, 2.24) is 14.9 Å². The number of rotatable bonds is 8. The highest BCUT2D eigenvalue weighted by molar-refractivity contribution is 8.00. The molecule has 1 aliphatic heterocycles. The molecule has 2 heterocycles. The SMILES string of the molecule is CCC(C)(C)NC(=O)C(C)Sc1ncc(-c2ccccc2)n1CC1CCCO1. The van der Waals surface area contributed by atoms with Gasteiger partial charge in [-0.1, -0.05) is 49.0 Å². The Morgan fingerprint density at radius 2 is 2.14 bits per heavy atom. The molecule has 0 radical (unpaired) electrons. The van der Waals surface area contributed by atoms with E-state index in [9.17, 15) is 4.79 Å². The van der Waals surface area contributed by atoms with Crippen molar-refractivity contribution in [3.05, 3.63) is 36.5 Å². The largest absolute Gasteiger partial charge is 0.376 e. The summed E-state index contributed by atoms with van der Waals surface area (Å²) in [6.07, 6.45) is 5.18. The van der Waals surface area contributed by atoms with Crippen molar-refractivity contribution >= 4 is 17.7 Å². The van der Waals surface area contributed by atoms with Gasteiger partial charge in [0.15, 0.2) is 5.16 Å². The first-order valence-corrected chi connectivity index (χ1v) is 11.0. The van der Waals surface area contributed by atoms with Crippen LogP contribution in [-0.2, 0) is 16.1 Å². The molecule has 2 atom stereocenters. The van der Waals surface area contributed by atoms with Gasteiger partial charge in [0.05, 0.1) is 29.8 Å². The van der Waals surface area contributed by atoms with Gasteiger partial charge in [-0.15, -0.1) is 0 Å². The highest BCUT2D eigenvalue weighted by atomic mass is 32.2. The van der Waals surface area contributed by atoms with Crippen LogP contribution in [0.25, 0.3) is 11.3 Å². The number of nitrogens with one attached hydrogen (secondary N) is 1. The minimum atomic E-state index is -0.222. The smallest absolute Gasteiger partial charge is 0.233 e. The van der Waals surface area contributed by atoms with Gasteiger partial charge in [-0.3, -0.25) is 4.79 Å². The first-order chi connectivity index (χ1) is 13.4. The van der Waals surface area contributed by atoms with E-state index >= 15 is 0 Å². The van der Waals surface area contributed by atoms with Gasteiger partial charge in [0, 0.05) is 12.1 Å². The Labute approximate surface area is 172 Å². The van der Waals surface area contributed by atoms with Crippen LogP contribution < -0.4 is 5.32 Å². The van der Waals surface area contributed by atoms with Gasteiger partial charge in [-0.2, -0.15) is 0 Å². The second-order valence-corrected chi connectivity index (χ2v) is 9.33. The Balaban J connectivity index is 1.81. The number of ether oxygens (including phenoxy) is 1. The Morgan fingerprint density at radius 1 is 1.39 bits per heavy atom. The van der Waals surface area contributed by atoms with E-state index in [4.69, 9.17) is 4.74 Å². The summed E-state index contributed by atoms with van der Waals surface area (Å²) < 4.78 is 8.08. The lowest BCUT2D eigenvalue weighted by Gasteiger charge is -2.26. The predicted octanol–water partition coefficient (Wildman–Crippen LogP) is 4.51. The zero-order chi connectivity index (χ0) is 20.1. The van der Waals surface area contributed by atoms with E-state index in [1.54, 1.807) is 0 Å². The molecule has 2 aromatic rings. The van der Waals surface area contributed by atoms with Gasteiger partial charge in [-0.25, -0.2) is 4.98 Å². The van der Waals surface area contributed by atoms with Crippen LogP contribution in [0.1, 0.15) is 47.0 Å². The molecule has 1 aromatic heterocycles. The maximum absolute atomic E-state index is 12.7. The van der Waals surface area contributed by atoms with E-state index in [0.29, 0.717) is 0 Å². The zero-order valence-corrected chi connectivity index (χ0v) is 18.1. The molecule has 1 amide bonds. The molecule has 5 nitrogen and oxygen atoms in total. The maximum atomic E-state index is 12.7. The highest BCUT2D eigenvalue weighted by Gasteiger charge is 2.26. The molecule has 2 unspecified atom stereocenters. The number of nitrogens with zero attached hydrogens (tertiary/aromatic N) is 2. The molecule has 6 heteroatoms. The minimum absolute atomic E-state index is 0.0461. The van der Waals surface area contributed by atoms with E-state index in [2.05, 4.69) is 33.9 Å². The second-order valence-electron chi connectivity index (χ2n) is 8.02. The van der Waals surface area contributed by atoms with E-state index < -0.39 is 0 Å². The molecule has 28 heavy (non-hydrogen) atoms. The highest BCUT2D eigenvalue weighted by Crippen LogP contribution is 2.30. The van der Waals surface area contributed by atoms with Crippen molar-refractivity contribution in [2.24, 2.45) is 0 Å². The fraction of sp³-hybridized carbons (Fsp3) is 0.545. The molecule has 0 aliphatic carbocycles. The summed E-state index contributed by atoms with van der Waals surface area (Å²) in [4.78, 5) is 17.3. The average Bonchev–Trinajstić information content (AvgIpc) is 3.33. The van der Waals surface area contributed by atoms with Crippen molar-refractivity contribution in [2.45, 2.75) is 75.6 Å². The topological polar surface area (TPSA) is 56.2 Å². The molecule has 152 valence electrons. The lowest BCUT2D eigenvalue weighted by Crippen LogP contribution is -2.46. The normalized spacial score (nSPS) is 18.2. The quantitative estimate of drug-likeness (QED) is 0.661. The van der Waals surface area contributed by atoms with Crippen LogP contribution in [0.4, 0.5) is 0 Å². The Bertz CT molecular complexity index is 782. The van der Waals surface area contributed by atoms with E-state index in [-0.39, 0.29) is 22.8 Å². The van der Waals surface area contributed by atoms with Crippen LogP contribution in [0, 0.1) is 0 Å². The van der Waals surface area contributed by atoms with Crippen LogP contribution in [0.3, 0.4) is 0 Å².